The van der Waals surface area contributed by atoms with E-state index in [1.165, 1.54) is 10.4 Å². The summed E-state index contributed by atoms with van der Waals surface area (Å²) in [7, 11) is 1.61. The Balaban J connectivity index is 1.56. The third-order valence-electron chi connectivity index (χ3n) is 6.07. The van der Waals surface area contributed by atoms with Gasteiger partial charge in [-0.05, 0) is 63.0 Å². The van der Waals surface area contributed by atoms with Crippen molar-refractivity contribution in [3.8, 4) is 11.9 Å². The van der Waals surface area contributed by atoms with Gasteiger partial charge in [0.05, 0.1) is 11.5 Å². The van der Waals surface area contributed by atoms with Crippen LogP contribution in [0.25, 0.3) is 10.2 Å². The first kappa shape index (κ1) is 19.6. The van der Waals surface area contributed by atoms with Crippen molar-refractivity contribution in [1.82, 2.24) is 15.3 Å². The molecule has 28 heavy (non-hydrogen) atoms. The number of methoxy groups -OCH3 is 1. The van der Waals surface area contributed by atoms with Crippen LogP contribution in [0.1, 0.15) is 61.8 Å². The minimum Gasteiger partial charge on any atom is -0.474 e. The summed E-state index contributed by atoms with van der Waals surface area (Å²) in [6.45, 7) is 3.19. The largest absolute Gasteiger partial charge is 0.474 e. The van der Waals surface area contributed by atoms with Gasteiger partial charge in [-0.2, -0.15) is 5.26 Å². The zero-order valence-corrected chi connectivity index (χ0v) is 17.4. The lowest BCUT2D eigenvalue weighted by Crippen LogP contribution is -2.36. The highest BCUT2D eigenvalue weighted by molar-refractivity contribution is 7.19. The van der Waals surface area contributed by atoms with Crippen LogP contribution < -0.4 is 10.1 Å². The zero-order chi connectivity index (χ0) is 19.5. The molecule has 1 saturated carbocycles. The van der Waals surface area contributed by atoms with E-state index < -0.39 is 0 Å². The van der Waals surface area contributed by atoms with Gasteiger partial charge in [0.15, 0.2) is 0 Å². The predicted molar refractivity (Wildman–Crippen MR) is 110 cm³/mol. The molecule has 0 radical (unpaired) electrons. The second-order valence-electron chi connectivity index (χ2n) is 7.77. The number of fused-ring (bicyclic) bond motifs is 3. The zero-order valence-electron chi connectivity index (χ0n) is 16.6. The number of rotatable bonds is 7. The van der Waals surface area contributed by atoms with Crippen molar-refractivity contribution in [3.63, 3.8) is 0 Å². The highest BCUT2D eigenvalue weighted by Crippen LogP contribution is 2.47. The molecular formula is C21H28N4O2S. The van der Waals surface area contributed by atoms with Crippen LogP contribution in [0.2, 0.25) is 0 Å². The van der Waals surface area contributed by atoms with Gasteiger partial charge in [-0.1, -0.05) is 6.92 Å². The molecule has 0 saturated heterocycles. The normalized spacial score (nSPS) is 25.4. The van der Waals surface area contributed by atoms with Gasteiger partial charge in [-0.25, -0.2) is 9.97 Å². The first-order valence-corrected chi connectivity index (χ1v) is 11.1. The number of nitrogens with one attached hydrogen (secondary N) is 1. The van der Waals surface area contributed by atoms with E-state index in [-0.39, 0.29) is 12.2 Å². The topological polar surface area (TPSA) is 80.1 Å². The van der Waals surface area contributed by atoms with Gasteiger partial charge in [0, 0.05) is 18.0 Å². The van der Waals surface area contributed by atoms with E-state index in [0.717, 1.165) is 61.2 Å². The lowest BCUT2D eigenvalue weighted by atomic mass is 9.92. The predicted octanol–water partition coefficient (Wildman–Crippen LogP) is 3.95. The standard InChI is InChI=1S/C21H28N4O2S/c1-3-23-14-5-7-15(8-6-14)27-20-19-18-13(10-16(11-22)26-2)4-9-17(18)28-21(19)25-12-24-20/h12-16,23H,3-10H2,1-2H3/t13-,14?,15?,16-/m1/s1. The molecule has 7 heteroatoms. The fourth-order valence-electron chi connectivity index (χ4n) is 4.66. The molecule has 4 rings (SSSR count). The molecule has 0 aromatic carbocycles. The number of nitriles is 1. The minimum absolute atomic E-state index is 0.217. The lowest BCUT2D eigenvalue weighted by molar-refractivity contribution is 0.132. The maximum Gasteiger partial charge on any atom is 0.225 e. The molecule has 2 aromatic heterocycles. The Morgan fingerprint density at radius 2 is 2.11 bits per heavy atom. The van der Waals surface area contributed by atoms with Crippen molar-refractivity contribution in [2.24, 2.45) is 0 Å². The van der Waals surface area contributed by atoms with Crippen LogP contribution in [0.4, 0.5) is 0 Å². The minimum atomic E-state index is -0.374. The Hall–Kier alpha value is -1.75. The van der Waals surface area contributed by atoms with Crippen molar-refractivity contribution in [2.45, 2.75) is 76.0 Å². The first-order chi connectivity index (χ1) is 13.7. The molecule has 2 heterocycles. The number of nitrogens with zero attached hydrogens (tertiary/aromatic N) is 3. The fraction of sp³-hybridized carbons (Fsp3) is 0.667. The van der Waals surface area contributed by atoms with Crippen LogP contribution in [0.15, 0.2) is 6.33 Å². The Morgan fingerprint density at radius 3 is 2.82 bits per heavy atom. The van der Waals surface area contributed by atoms with Gasteiger partial charge in [0.25, 0.3) is 0 Å². The molecule has 2 aromatic rings. The summed E-state index contributed by atoms with van der Waals surface area (Å²) in [5, 5.41) is 13.9. The van der Waals surface area contributed by atoms with E-state index in [4.69, 9.17) is 9.47 Å². The van der Waals surface area contributed by atoms with Gasteiger partial charge in [0.1, 0.15) is 23.4 Å². The summed E-state index contributed by atoms with van der Waals surface area (Å²) in [6.07, 6.45) is 8.68. The van der Waals surface area contributed by atoms with Crippen LogP contribution in [0.5, 0.6) is 5.88 Å². The van der Waals surface area contributed by atoms with Crippen LogP contribution in [-0.4, -0.2) is 41.9 Å². The van der Waals surface area contributed by atoms with Crippen LogP contribution in [0, 0.1) is 11.3 Å². The van der Waals surface area contributed by atoms with Crippen molar-refractivity contribution >= 4 is 21.6 Å². The smallest absolute Gasteiger partial charge is 0.225 e. The summed E-state index contributed by atoms with van der Waals surface area (Å²) in [5.74, 6) is 1.04. The van der Waals surface area contributed by atoms with E-state index in [2.05, 4.69) is 28.3 Å². The summed E-state index contributed by atoms with van der Waals surface area (Å²) >= 11 is 1.75. The van der Waals surface area contributed by atoms with Gasteiger partial charge in [0.2, 0.25) is 5.88 Å². The number of aryl methyl sites for hydroxylation is 1. The molecular weight excluding hydrogens is 372 g/mol. The first-order valence-electron chi connectivity index (χ1n) is 10.3. The molecule has 1 fully saturated rings. The molecule has 150 valence electrons. The average molecular weight is 401 g/mol. The van der Waals surface area contributed by atoms with Gasteiger partial charge in [-0.15, -0.1) is 11.3 Å². The highest BCUT2D eigenvalue weighted by atomic mass is 32.1. The van der Waals surface area contributed by atoms with Crippen molar-refractivity contribution < 1.29 is 9.47 Å². The number of hydrogen-bond donors (Lipinski definition) is 1. The van der Waals surface area contributed by atoms with Crippen molar-refractivity contribution in [1.29, 1.82) is 5.26 Å². The Bertz CT molecular complexity index is 854. The summed E-state index contributed by atoms with van der Waals surface area (Å²) in [6, 6.07) is 2.87. The summed E-state index contributed by atoms with van der Waals surface area (Å²) < 4.78 is 11.7. The third-order valence-corrected chi connectivity index (χ3v) is 7.24. The van der Waals surface area contributed by atoms with E-state index in [1.54, 1.807) is 24.8 Å². The number of ether oxygens (including phenoxy) is 2. The molecule has 0 bridgehead atoms. The number of hydrogen-bond acceptors (Lipinski definition) is 7. The van der Waals surface area contributed by atoms with Crippen molar-refractivity contribution in [3.05, 3.63) is 16.8 Å². The Morgan fingerprint density at radius 1 is 1.29 bits per heavy atom. The van der Waals surface area contributed by atoms with Crippen LogP contribution >= 0.6 is 11.3 Å². The molecule has 2 atom stereocenters. The van der Waals surface area contributed by atoms with E-state index in [1.807, 2.05) is 0 Å². The molecule has 0 aliphatic heterocycles. The monoisotopic (exact) mass is 400 g/mol. The highest BCUT2D eigenvalue weighted by Gasteiger charge is 2.32. The molecule has 0 amide bonds. The number of aromatic nitrogens is 2. The maximum absolute atomic E-state index is 9.30. The molecule has 2 aliphatic rings. The summed E-state index contributed by atoms with van der Waals surface area (Å²) in [4.78, 5) is 11.4. The van der Waals surface area contributed by atoms with Crippen molar-refractivity contribution in [2.75, 3.05) is 13.7 Å². The number of thiophene rings is 1. The van der Waals surface area contributed by atoms with Gasteiger partial charge >= 0.3 is 0 Å². The Kier molecular flexibility index (Phi) is 6.10. The Labute approximate surface area is 170 Å². The van der Waals surface area contributed by atoms with Gasteiger partial charge < -0.3 is 14.8 Å². The second kappa shape index (κ2) is 8.73. The SMILES string of the molecule is CCNC1CCC(Oc2ncnc3sc4c(c23)[C@@H](C[C@H](C#N)OC)CC4)CC1. The lowest BCUT2D eigenvalue weighted by Gasteiger charge is -2.29. The van der Waals surface area contributed by atoms with E-state index >= 15 is 0 Å². The van der Waals surface area contributed by atoms with E-state index in [0.29, 0.717) is 18.4 Å². The van der Waals surface area contributed by atoms with Crippen LogP contribution in [0.3, 0.4) is 0 Å². The third kappa shape index (κ3) is 3.86. The quantitative estimate of drug-likeness (QED) is 0.758. The molecule has 0 spiro atoms. The maximum atomic E-state index is 9.30. The molecule has 1 N–H and O–H groups in total. The average Bonchev–Trinajstić information content (AvgIpc) is 3.27. The van der Waals surface area contributed by atoms with Crippen LogP contribution in [-0.2, 0) is 11.2 Å². The summed E-state index contributed by atoms with van der Waals surface area (Å²) in [5.41, 5.74) is 1.30. The van der Waals surface area contributed by atoms with Gasteiger partial charge in [-0.3, -0.25) is 0 Å². The molecule has 6 nitrogen and oxygen atoms in total. The fourth-order valence-corrected chi connectivity index (χ4v) is 5.89. The second-order valence-corrected chi connectivity index (χ2v) is 8.86. The van der Waals surface area contributed by atoms with E-state index in [9.17, 15) is 5.26 Å². The molecule has 0 unspecified atom stereocenters. The molecule has 2 aliphatic carbocycles.